The van der Waals surface area contributed by atoms with E-state index >= 15 is 0 Å². The number of alkyl halides is 3. The van der Waals surface area contributed by atoms with Crippen LogP contribution in [0.3, 0.4) is 0 Å². The van der Waals surface area contributed by atoms with Crippen molar-refractivity contribution in [3.63, 3.8) is 0 Å². The summed E-state index contributed by atoms with van der Waals surface area (Å²) in [5, 5.41) is 13.0. The lowest BCUT2D eigenvalue weighted by Gasteiger charge is -2.56. The number of nitrogens with one attached hydrogen (secondary N) is 2. The van der Waals surface area contributed by atoms with Crippen LogP contribution in [0.15, 0.2) is 82.7 Å². The summed E-state index contributed by atoms with van der Waals surface area (Å²) in [5.74, 6) is -1.25. The molecule has 4 aromatic rings. The summed E-state index contributed by atoms with van der Waals surface area (Å²) in [5.41, 5.74) is 2.47. The maximum absolute atomic E-state index is 13.5. The first kappa shape index (κ1) is 25.6. The fourth-order valence-electron chi connectivity index (χ4n) is 6.03. The number of fused-ring (bicyclic) bond motifs is 1. The van der Waals surface area contributed by atoms with Crippen molar-refractivity contribution >= 4 is 34.5 Å². The Labute approximate surface area is 226 Å². The van der Waals surface area contributed by atoms with Gasteiger partial charge in [0.25, 0.3) is 5.91 Å². The summed E-state index contributed by atoms with van der Waals surface area (Å²) in [4.78, 5) is 29.3. The highest BCUT2D eigenvalue weighted by molar-refractivity contribution is 7.99. The molecule has 3 aromatic carbocycles. The van der Waals surface area contributed by atoms with Crippen LogP contribution in [0.4, 0.5) is 13.2 Å². The Balaban J connectivity index is 1.29. The average molecular weight is 551 g/mol. The molecule has 1 heterocycles. The Morgan fingerprint density at radius 1 is 0.949 bits per heavy atom. The van der Waals surface area contributed by atoms with E-state index in [1.165, 1.54) is 23.9 Å². The SMILES string of the molecule is O=C(NC1CC2(C1)CC(C(=O)O)C2)c1ccc(-c2ccccc2)c2[nH]cc(Sc3ccc(C(F)(F)F)cc3)c12. The number of aliphatic carboxylic acids is 1. The molecule has 0 bridgehead atoms. The molecule has 39 heavy (non-hydrogen) atoms. The Hall–Kier alpha value is -3.72. The number of carbonyl (C=O) groups is 2. The summed E-state index contributed by atoms with van der Waals surface area (Å²) in [6, 6.07) is 18.4. The summed E-state index contributed by atoms with van der Waals surface area (Å²) < 4.78 is 39.1. The Kier molecular flexibility index (Phi) is 6.21. The van der Waals surface area contributed by atoms with Gasteiger partial charge in [-0.15, -0.1) is 0 Å². The number of halogens is 3. The highest BCUT2D eigenvalue weighted by atomic mass is 32.2. The van der Waals surface area contributed by atoms with Crippen molar-refractivity contribution < 1.29 is 27.9 Å². The van der Waals surface area contributed by atoms with Gasteiger partial charge in [-0.25, -0.2) is 0 Å². The molecule has 1 aromatic heterocycles. The molecule has 1 spiro atoms. The van der Waals surface area contributed by atoms with Gasteiger partial charge in [-0.1, -0.05) is 48.2 Å². The number of hydrogen-bond donors (Lipinski definition) is 3. The smallest absolute Gasteiger partial charge is 0.416 e. The molecule has 0 unspecified atom stereocenters. The standard InChI is InChI=1S/C30H25F3N2O3S/c31-30(32,33)19-6-8-21(9-7-19)39-24-16-34-26-22(17-4-2-1-3-5-17)10-11-23(25(24)26)27(36)35-20-14-29(15-20)12-18(13-29)28(37)38/h1-11,16,18,20,34H,12-15H2,(H,35,36)(H,37,38). The first-order valence-electron chi connectivity index (χ1n) is 12.7. The van der Waals surface area contributed by atoms with Crippen LogP contribution in [0.25, 0.3) is 22.0 Å². The van der Waals surface area contributed by atoms with Gasteiger partial charge >= 0.3 is 12.1 Å². The quantitative estimate of drug-likeness (QED) is 0.234. The predicted molar refractivity (Wildman–Crippen MR) is 143 cm³/mol. The minimum atomic E-state index is -4.41. The van der Waals surface area contributed by atoms with Gasteiger partial charge in [-0.2, -0.15) is 13.2 Å². The van der Waals surface area contributed by atoms with E-state index < -0.39 is 17.7 Å². The van der Waals surface area contributed by atoms with Crippen LogP contribution in [0, 0.1) is 11.3 Å². The van der Waals surface area contributed by atoms with Crippen molar-refractivity contribution in [2.24, 2.45) is 11.3 Å². The molecule has 3 N–H and O–H groups in total. The fraction of sp³-hybridized carbons (Fsp3) is 0.267. The van der Waals surface area contributed by atoms with Gasteiger partial charge in [0.2, 0.25) is 0 Å². The second-order valence-corrected chi connectivity index (χ2v) is 11.7. The van der Waals surface area contributed by atoms with Crippen molar-refractivity contribution in [1.82, 2.24) is 10.3 Å². The number of H-pyrrole nitrogens is 1. The van der Waals surface area contributed by atoms with Crippen LogP contribution in [0.5, 0.6) is 0 Å². The van der Waals surface area contributed by atoms with E-state index in [2.05, 4.69) is 10.3 Å². The van der Waals surface area contributed by atoms with Crippen molar-refractivity contribution in [3.8, 4) is 11.1 Å². The lowest BCUT2D eigenvalue weighted by molar-refractivity contribution is -0.155. The van der Waals surface area contributed by atoms with Crippen molar-refractivity contribution in [2.45, 2.75) is 47.7 Å². The lowest BCUT2D eigenvalue weighted by atomic mass is 9.50. The largest absolute Gasteiger partial charge is 0.481 e. The zero-order valence-corrected chi connectivity index (χ0v) is 21.5. The number of hydrogen-bond acceptors (Lipinski definition) is 3. The van der Waals surface area contributed by atoms with E-state index in [1.54, 1.807) is 12.3 Å². The minimum Gasteiger partial charge on any atom is -0.481 e. The number of aromatic amines is 1. The van der Waals surface area contributed by atoms with Crippen LogP contribution >= 0.6 is 11.8 Å². The number of carbonyl (C=O) groups excluding carboxylic acids is 1. The average Bonchev–Trinajstić information content (AvgIpc) is 3.27. The number of carboxylic acids is 1. The molecule has 1 amide bonds. The lowest BCUT2D eigenvalue weighted by Crippen LogP contribution is -2.57. The van der Waals surface area contributed by atoms with Crippen molar-refractivity contribution in [1.29, 1.82) is 0 Å². The molecule has 0 radical (unpaired) electrons. The molecule has 0 atom stereocenters. The predicted octanol–water partition coefficient (Wildman–Crippen LogP) is 7.38. The van der Waals surface area contributed by atoms with Crippen LogP contribution in [-0.4, -0.2) is 28.0 Å². The number of amides is 1. The molecule has 0 aliphatic heterocycles. The molecular weight excluding hydrogens is 525 g/mol. The van der Waals surface area contributed by atoms with Gasteiger partial charge in [0.15, 0.2) is 0 Å². The van der Waals surface area contributed by atoms with Crippen molar-refractivity contribution in [3.05, 3.63) is 84.1 Å². The molecule has 200 valence electrons. The second kappa shape index (κ2) is 9.48. The topological polar surface area (TPSA) is 82.2 Å². The molecule has 2 aliphatic rings. The van der Waals surface area contributed by atoms with Gasteiger partial charge in [-0.05, 0) is 67.0 Å². The monoisotopic (exact) mass is 550 g/mol. The third-order valence-electron chi connectivity index (χ3n) is 7.94. The Morgan fingerprint density at radius 2 is 1.64 bits per heavy atom. The van der Waals surface area contributed by atoms with E-state index in [4.69, 9.17) is 0 Å². The van der Waals surface area contributed by atoms with Crippen LogP contribution in [0.1, 0.15) is 41.6 Å². The maximum atomic E-state index is 13.5. The number of aromatic nitrogens is 1. The van der Waals surface area contributed by atoms with Gasteiger partial charge in [0.1, 0.15) is 0 Å². The normalized spacial score (nSPS) is 22.3. The Bertz CT molecular complexity index is 1550. The van der Waals surface area contributed by atoms with E-state index in [1.807, 2.05) is 36.4 Å². The van der Waals surface area contributed by atoms with Crippen LogP contribution < -0.4 is 5.32 Å². The summed E-state index contributed by atoms with van der Waals surface area (Å²) in [7, 11) is 0. The fourth-order valence-corrected chi connectivity index (χ4v) is 6.99. The Morgan fingerprint density at radius 3 is 2.28 bits per heavy atom. The summed E-state index contributed by atoms with van der Waals surface area (Å²) >= 11 is 1.30. The molecule has 2 aliphatic carbocycles. The zero-order chi connectivity index (χ0) is 27.4. The van der Waals surface area contributed by atoms with Crippen molar-refractivity contribution in [2.75, 3.05) is 0 Å². The van der Waals surface area contributed by atoms with Gasteiger partial charge < -0.3 is 15.4 Å². The van der Waals surface area contributed by atoms with Gasteiger partial charge in [-0.3, -0.25) is 9.59 Å². The summed E-state index contributed by atoms with van der Waals surface area (Å²) in [6.07, 6.45) is 0.248. The van der Waals surface area contributed by atoms with Gasteiger partial charge in [0, 0.05) is 38.5 Å². The highest BCUT2D eigenvalue weighted by Gasteiger charge is 2.55. The highest BCUT2D eigenvalue weighted by Crippen LogP contribution is 2.58. The van der Waals surface area contributed by atoms with Crippen LogP contribution in [0.2, 0.25) is 0 Å². The molecule has 5 nitrogen and oxygen atoms in total. The first-order valence-corrected chi connectivity index (χ1v) is 13.5. The van der Waals surface area contributed by atoms with E-state index in [0.717, 1.165) is 46.5 Å². The third-order valence-corrected chi connectivity index (χ3v) is 8.99. The number of carboxylic acid groups (broad SMARTS) is 1. The van der Waals surface area contributed by atoms with E-state index in [9.17, 15) is 27.9 Å². The van der Waals surface area contributed by atoms with Crippen LogP contribution in [-0.2, 0) is 11.0 Å². The summed E-state index contributed by atoms with van der Waals surface area (Å²) in [6.45, 7) is 0. The van der Waals surface area contributed by atoms with E-state index in [0.29, 0.717) is 28.7 Å². The zero-order valence-electron chi connectivity index (χ0n) is 20.7. The number of benzene rings is 3. The molecular formula is C30H25F3N2O3S. The second-order valence-electron chi connectivity index (χ2n) is 10.6. The molecule has 9 heteroatoms. The minimum absolute atomic E-state index is 0.0129. The third kappa shape index (κ3) is 4.80. The van der Waals surface area contributed by atoms with Gasteiger partial charge in [0.05, 0.1) is 17.0 Å². The molecule has 2 saturated carbocycles. The molecule has 0 saturated heterocycles. The molecule has 6 rings (SSSR count). The van der Waals surface area contributed by atoms with E-state index in [-0.39, 0.29) is 23.3 Å². The number of rotatable bonds is 6. The first-order chi connectivity index (χ1) is 18.6. The maximum Gasteiger partial charge on any atom is 0.416 e. The molecule has 2 fully saturated rings.